The van der Waals surface area contributed by atoms with Gasteiger partial charge in [0, 0.05) is 27.2 Å². The van der Waals surface area contributed by atoms with Crippen molar-refractivity contribution in [2.24, 2.45) is 0 Å². The third kappa shape index (κ3) is 3.72. The van der Waals surface area contributed by atoms with Gasteiger partial charge in [-0.15, -0.1) is 5.10 Å². The van der Waals surface area contributed by atoms with Crippen LogP contribution in [0.15, 0.2) is 46.9 Å². The number of aromatic amines is 1. The highest BCUT2D eigenvalue weighted by atomic mass is 79.9. The van der Waals surface area contributed by atoms with E-state index in [0.717, 1.165) is 10.0 Å². The normalized spacial score (nSPS) is 10.5. The molecule has 9 heteroatoms. The molecule has 0 atom stereocenters. The highest BCUT2D eigenvalue weighted by Gasteiger charge is 2.15. The van der Waals surface area contributed by atoms with Gasteiger partial charge in [0.15, 0.2) is 5.82 Å². The zero-order valence-electron chi connectivity index (χ0n) is 13.0. The summed E-state index contributed by atoms with van der Waals surface area (Å²) in [5.74, 6) is 0.185. The third-order valence-electron chi connectivity index (χ3n) is 3.46. The van der Waals surface area contributed by atoms with Crippen molar-refractivity contribution >= 4 is 33.5 Å². The number of carbonyl (C=O) groups is 1. The van der Waals surface area contributed by atoms with Gasteiger partial charge in [0.2, 0.25) is 5.95 Å². The highest BCUT2D eigenvalue weighted by molar-refractivity contribution is 9.10. The summed E-state index contributed by atoms with van der Waals surface area (Å²) in [7, 11) is 0. The Hall–Kier alpha value is -3.07. The van der Waals surface area contributed by atoms with E-state index in [1.54, 1.807) is 6.92 Å². The van der Waals surface area contributed by atoms with Crippen LogP contribution in [0.1, 0.15) is 15.9 Å². The standard InChI is InChI=1S/C16H12BrN5O3/c1-9-7-11(5-6-13(9)22(24)25)15(23)19-16-18-14(20-21-16)10-3-2-4-12(17)8-10/h2-8H,1H3,(H2,18,19,20,21,23). The van der Waals surface area contributed by atoms with Crippen LogP contribution in [0.5, 0.6) is 0 Å². The van der Waals surface area contributed by atoms with Crippen LogP contribution in [0.2, 0.25) is 0 Å². The fraction of sp³-hybridized carbons (Fsp3) is 0.0625. The van der Waals surface area contributed by atoms with Gasteiger partial charge in [-0.25, -0.2) is 0 Å². The highest BCUT2D eigenvalue weighted by Crippen LogP contribution is 2.21. The number of nitro groups is 1. The second-order valence-corrected chi connectivity index (χ2v) is 6.15. The van der Waals surface area contributed by atoms with Crippen molar-refractivity contribution in [3.8, 4) is 11.4 Å². The lowest BCUT2D eigenvalue weighted by Gasteiger charge is -2.03. The first kappa shape index (κ1) is 16.8. The van der Waals surface area contributed by atoms with Crippen LogP contribution >= 0.6 is 15.9 Å². The number of hydrogen-bond acceptors (Lipinski definition) is 5. The fourth-order valence-electron chi connectivity index (χ4n) is 2.26. The Morgan fingerprint density at radius 3 is 2.76 bits per heavy atom. The maximum Gasteiger partial charge on any atom is 0.272 e. The average Bonchev–Trinajstić information content (AvgIpc) is 3.03. The van der Waals surface area contributed by atoms with Crippen LogP contribution in [0.4, 0.5) is 11.6 Å². The summed E-state index contributed by atoms with van der Waals surface area (Å²) in [6.07, 6.45) is 0. The van der Waals surface area contributed by atoms with Crippen molar-refractivity contribution in [1.29, 1.82) is 0 Å². The Kier molecular flexibility index (Phi) is 4.57. The van der Waals surface area contributed by atoms with Crippen molar-refractivity contribution < 1.29 is 9.72 Å². The first-order valence-electron chi connectivity index (χ1n) is 7.19. The van der Waals surface area contributed by atoms with Crippen molar-refractivity contribution in [2.75, 3.05) is 5.32 Å². The smallest absolute Gasteiger partial charge is 0.272 e. The molecule has 0 radical (unpaired) electrons. The Morgan fingerprint density at radius 1 is 1.28 bits per heavy atom. The quantitative estimate of drug-likeness (QED) is 0.510. The first-order chi connectivity index (χ1) is 11.9. The van der Waals surface area contributed by atoms with Gasteiger partial charge < -0.3 is 0 Å². The van der Waals surface area contributed by atoms with Gasteiger partial charge >= 0.3 is 0 Å². The summed E-state index contributed by atoms with van der Waals surface area (Å²) in [5.41, 5.74) is 1.47. The number of halogens is 1. The van der Waals surface area contributed by atoms with E-state index in [1.165, 1.54) is 18.2 Å². The van der Waals surface area contributed by atoms with Crippen molar-refractivity contribution in [3.63, 3.8) is 0 Å². The Balaban J connectivity index is 1.78. The molecule has 0 fully saturated rings. The molecule has 0 aliphatic heterocycles. The zero-order valence-corrected chi connectivity index (χ0v) is 14.6. The predicted molar refractivity (Wildman–Crippen MR) is 95.3 cm³/mol. The number of carbonyl (C=O) groups excluding carboxylic acids is 1. The number of anilines is 1. The molecule has 2 N–H and O–H groups in total. The second kappa shape index (κ2) is 6.81. The molecule has 8 nitrogen and oxygen atoms in total. The SMILES string of the molecule is Cc1cc(C(=O)Nc2n[nH]c(-c3cccc(Br)c3)n2)ccc1[N+](=O)[O-]. The minimum Gasteiger partial charge on any atom is -0.289 e. The molecule has 25 heavy (non-hydrogen) atoms. The average molecular weight is 402 g/mol. The molecule has 0 unspecified atom stereocenters. The molecule has 2 aromatic carbocycles. The number of hydrogen-bond donors (Lipinski definition) is 2. The molecule has 0 spiro atoms. The summed E-state index contributed by atoms with van der Waals surface area (Å²) in [5, 5.41) is 20.1. The van der Waals surface area contributed by atoms with Gasteiger partial charge in [0.05, 0.1) is 4.92 Å². The molecule has 0 bridgehead atoms. The minimum absolute atomic E-state index is 0.0358. The lowest BCUT2D eigenvalue weighted by atomic mass is 10.1. The van der Waals surface area contributed by atoms with Gasteiger partial charge in [0.25, 0.3) is 11.6 Å². The van der Waals surface area contributed by atoms with E-state index in [0.29, 0.717) is 11.4 Å². The third-order valence-corrected chi connectivity index (χ3v) is 3.96. The molecule has 126 valence electrons. The Labute approximate surface area is 150 Å². The summed E-state index contributed by atoms with van der Waals surface area (Å²) >= 11 is 3.38. The van der Waals surface area contributed by atoms with E-state index in [4.69, 9.17) is 0 Å². The van der Waals surface area contributed by atoms with Gasteiger partial charge in [-0.3, -0.25) is 25.3 Å². The minimum atomic E-state index is -0.490. The number of nitro benzene ring substituents is 1. The summed E-state index contributed by atoms with van der Waals surface area (Å²) < 4.78 is 0.897. The monoisotopic (exact) mass is 401 g/mol. The van der Waals surface area contributed by atoms with E-state index in [-0.39, 0.29) is 17.2 Å². The summed E-state index contributed by atoms with van der Waals surface area (Å²) in [4.78, 5) is 26.8. The number of H-pyrrole nitrogens is 1. The maximum absolute atomic E-state index is 12.3. The van der Waals surface area contributed by atoms with Crippen LogP contribution in [0.3, 0.4) is 0 Å². The number of rotatable bonds is 4. The summed E-state index contributed by atoms with van der Waals surface area (Å²) in [6, 6.07) is 11.6. The van der Waals surface area contributed by atoms with Crippen LogP contribution in [-0.2, 0) is 0 Å². The van der Waals surface area contributed by atoms with Crippen LogP contribution in [0.25, 0.3) is 11.4 Å². The number of benzene rings is 2. The molecular formula is C16H12BrN5O3. The number of aryl methyl sites for hydroxylation is 1. The van der Waals surface area contributed by atoms with Gasteiger partial charge in [-0.2, -0.15) is 4.98 Å². The maximum atomic E-state index is 12.3. The largest absolute Gasteiger partial charge is 0.289 e. The zero-order chi connectivity index (χ0) is 18.0. The van der Waals surface area contributed by atoms with Crippen LogP contribution in [-0.4, -0.2) is 26.0 Å². The molecule has 1 amide bonds. The van der Waals surface area contributed by atoms with E-state index < -0.39 is 10.8 Å². The lowest BCUT2D eigenvalue weighted by molar-refractivity contribution is -0.385. The van der Waals surface area contributed by atoms with E-state index in [2.05, 4.69) is 36.4 Å². The molecular weight excluding hydrogens is 390 g/mol. The van der Waals surface area contributed by atoms with Crippen LogP contribution < -0.4 is 5.32 Å². The molecule has 0 aliphatic carbocycles. The lowest BCUT2D eigenvalue weighted by Crippen LogP contribution is -2.13. The topological polar surface area (TPSA) is 114 Å². The Bertz CT molecular complexity index is 970. The molecule has 1 aromatic heterocycles. The fourth-order valence-corrected chi connectivity index (χ4v) is 2.66. The van der Waals surface area contributed by atoms with Gasteiger partial charge in [-0.1, -0.05) is 28.1 Å². The van der Waals surface area contributed by atoms with E-state index in [9.17, 15) is 14.9 Å². The predicted octanol–water partition coefficient (Wildman–Crippen LogP) is 3.70. The molecule has 3 aromatic rings. The van der Waals surface area contributed by atoms with Gasteiger partial charge in [0.1, 0.15) is 0 Å². The molecule has 3 rings (SSSR count). The van der Waals surface area contributed by atoms with Crippen LogP contribution in [0, 0.1) is 17.0 Å². The van der Waals surface area contributed by atoms with Crippen molar-refractivity contribution in [2.45, 2.75) is 6.92 Å². The van der Waals surface area contributed by atoms with Gasteiger partial charge in [-0.05, 0) is 31.2 Å². The number of amides is 1. The first-order valence-corrected chi connectivity index (χ1v) is 7.98. The van der Waals surface area contributed by atoms with E-state index in [1.807, 2.05) is 24.3 Å². The molecule has 1 heterocycles. The number of nitrogens with one attached hydrogen (secondary N) is 2. The number of aromatic nitrogens is 3. The summed E-state index contributed by atoms with van der Waals surface area (Å²) in [6.45, 7) is 1.58. The van der Waals surface area contributed by atoms with Crippen molar-refractivity contribution in [1.82, 2.24) is 15.2 Å². The Morgan fingerprint density at radius 2 is 2.08 bits per heavy atom. The molecule has 0 aliphatic rings. The van der Waals surface area contributed by atoms with E-state index >= 15 is 0 Å². The second-order valence-electron chi connectivity index (χ2n) is 5.23. The number of nitrogens with zero attached hydrogens (tertiary/aromatic N) is 3. The molecule has 0 saturated heterocycles. The van der Waals surface area contributed by atoms with Crippen molar-refractivity contribution in [3.05, 3.63) is 68.2 Å². The molecule has 0 saturated carbocycles.